The van der Waals surface area contributed by atoms with Crippen LogP contribution in [0.15, 0.2) is 18.2 Å². The van der Waals surface area contributed by atoms with E-state index in [1.54, 1.807) is 0 Å². The first-order valence-electron chi connectivity index (χ1n) is 5.38. The van der Waals surface area contributed by atoms with Gasteiger partial charge in [-0.05, 0) is 12.5 Å². The van der Waals surface area contributed by atoms with Gasteiger partial charge in [0.1, 0.15) is 5.75 Å². The number of hydrogen-bond acceptors (Lipinski definition) is 2. The minimum absolute atomic E-state index is 0.182. The molecule has 0 radical (unpaired) electrons. The maximum atomic E-state index is 13.4. The molecule has 1 N–H and O–H groups in total. The third-order valence-corrected chi connectivity index (χ3v) is 3.23. The van der Waals surface area contributed by atoms with E-state index in [4.69, 9.17) is 5.11 Å². The largest absolute Gasteiger partial charge is 0.480 e. The molecule has 0 amide bonds. The maximum absolute atomic E-state index is 13.4. The number of carbonyl (C=O) groups is 1. The van der Waals surface area contributed by atoms with Crippen LogP contribution in [-0.2, 0) is 10.2 Å². The summed E-state index contributed by atoms with van der Waals surface area (Å²) in [5, 5.41) is 9.02. The molecule has 0 heterocycles. The van der Waals surface area contributed by atoms with Crippen LogP contribution < -0.4 is 4.74 Å². The number of carboxylic acids is 1. The Morgan fingerprint density at radius 1 is 1.42 bits per heavy atom. The Hall–Kier alpha value is -1.79. The number of benzene rings is 1. The summed E-state index contributed by atoms with van der Waals surface area (Å²) in [6.07, 6.45) is -0.918. The van der Waals surface area contributed by atoms with Gasteiger partial charge in [0.25, 0.3) is 5.92 Å². The first kappa shape index (κ1) is 13.6. The van der Waals surface area contributed by atoms with Crippen molar-refractivity contribution in [2.45, 2.75) is 31.3 Å². The summed E-state index contributed by atoms with van der Waals surface area (Å²) in [5.74, 6) is -5.70. The lowest BCUT2D eigenvalue weighted by Crippen LogP contribution is -2.28. The second-order valence-electron chi connectivity index (χ2n) is 4.42. The molecule has 1 aliphatic rings. The van der Waals surface area contributed by atoms with Gasteiger partial charge in [-0.15, -0.1) is 0 Å². The summed E-state index contributed by atoms with van der Waals surface area (Å²) in [5.41, 5.74) is -2.70. The predicted molar refractivity (Wildman–Crippen MR) is 56.7 cm³/mol. The van der Waals surface area contributed by atoms with Gasteiger partial charge >= 0.3 is 12.6 Å². The number of carboxylic acid groups (broad SMARTS) is 1. The Labute approximate surface area is 105 Å². The second kappa shape index (κ2) is 4.11. The van der Waals surface area contributed by atoms with Crippen molar-refractivity contribution in [3.63, 3.8) is 0 Å². The average Bonchev–Trinajstić information content (AvgIpc) is 2.85. The van der Waals surface area contributed by atoms with Crippen LogP contribution in [0, 0.1) is 6.92 Å². The van der Waals surface area contributed by atoms with Crippen molar-refractivity contribution in [2.24, 2.45) is 0 Å². The lowest BCUT2D eigenvalue weighted by atomic mass is 9.92. The molecule has 1 aliphatic carbocycles. The first-order valence-corrected chi connectivity index (χ1v) is 5.38. The van der Waals surface area contributed by atoms with E-state index in [0.717, 1.165) is 6.07 Å². The van der Waals surface area contributed by atoms with Crippen molar-refractivity contribution in [3.05, 3.63) is 29.3 Å². The maximum Gasteiger partial charge on any atom is 0.387 e. The van der Waals surface area contributed by atoms with Crippen LogP contribution in [0.2, 0.25) is 0 Å². The molecule has 1 unspecified atom stereocenters. The smallest absolute Gasteiger partial charge is 0.387 e. The van der Waals surface area contributed by atoms with Gasteiger partial charge in [-0.1, -0.05) is 18.2 Å². The van der Waals surface area contributed by atoms with E-state index >= 15 is 0 Å². The minimum atomic E-state index is -3.47. The summed E-state index contributed by atoms with van der Waals surface area (Å²) in [6.45, 7) is -1.82. The summed E-state index contributed by atoms with van der Waals surface area (Å²) in [6, 6.07) is 3.80. The van der Waals surface area contributed by atoms with E-state index in [1.165, 1.54) is 19.1 Å². The van der Waals surface area contributed by atoms with E-state index in [1.807, 2.05) is 0 Å². The molecule has 1 saturated carbocycles. The van der Waals surface area contributed by atoms with Crippen LogP contribution in [0.25, 0.3) is 0 Å². The minimum Gasteiger partial charge on any atom is -0.480 e. The highest BCUT2D eigenvalue weighted by molar-refractivity contribution is 5.89. The Morgan fingerprint density at radius 2 is 2.00 bits per heavy atom. The Morgan fingerprint density at radius 3 is 2.42 bits per heavy atom. The normalized spacial score (nSPS) is 24.3. The van der Waals surface area contributed by atoms with Crippen LogP contribution >= 0.6 is 0 Å². The zero-order valence-corrected chi connectivity index (χ0v) is 9.79. The Balaban J connectivity index is 2.57. The van der Waals surface area contributed by atoms with E-state index in [2.05, 4.69) is 4.74 Å². The number of ether oxygens (including phenoxy) is 1. The van der Waals surface area contributed by atoms with Gasteiger partial charge in [0.2, 0.25) is 0 Å². The molecule has 1 fully saturated rings. The number of rotatable bonds is 4. The predicted octanol–water partition coefficient (Wildman–Crippen LogP) is 2.96. The van der Waals surface area contributed by atoms with Crippen LogP contribution in [0.1, 0.15) is 17.5 Å². The molecule has 1 aromatic carbocycles. The van der Waals surface area contributed by atoms with Crippen molar-refractivity contribution in [1.82, 2.24) is 0 Å². The molecule has 19 heavy (non-hydrogen) atoms. The highest BCUT2D eigenvalue weighted by Gasteiger charge is 2.78. The highest BCUT2D eigenvalue weighted by atomic mass is 19.3. The number of para-hydroxylation sites is 1. The standard InChI is InChI=1S/C12H10F4O3/c1-6-3-2-4-7(8(6)19-10(13)14)11(9(17)18)5-12(11,15)16/h2-4,10H,5H2,1H3,(H,17,18). The summed E-state index contributed by atoms with van der Waals surface area (Å²) < 4.78 is 55.7. The highest BCUT2D eigenvalue weighted by Crippen LogP contribution is 2.63. The monoisotopic (exact) mass is 278 g/mol. The molecule has 7 heteroatoms. The number of aryl methyl sites for hydroxylation is 1. The van der Waals surface area contributed by atoms with Crippen LogP contribution in [0.5, 0.6) is 5.75 Å². The quantitative estimate of drug-likeness (QED) is 0.861. The SMILES string of the molecule is Cc1cccc(C2(C(=O)O)CC2(F)F)c1OC(F)F. The van der Waals surface area contributed by atoms with E-state index in [0.29, 0.717) is 0 Å². The number of halogens is 4. The summed E-state index contributed by atoms with van der Waals surface area (Å²) >= 11 is 0. The molecule has 0 saturated heterocycles. The van der Waals surface area contributed by atoms with Crippen molar-refractivity contribution >= 4 is 5.97 Å². The van der Waals surface area contributed by atoms with Gasteiger partial charge in [0.15, 0.2) is 5.41 Å². The van der Waals surface area contributed by atoms with Gasteiger partial charge in [0, 0.05) is 12.0 Å². The van der Waals surface area contributed by atoms with Gasteiger partial charge in [-0.25, -0.2) is 8.78 Å². The molecule has 3 nitrogen and oxygen atoms in total. The number of aliphatic carboxylic acids is 1. The molecule has 2 rings (SSSR count). The molecular formula is C12H10F4O3. The van der Waals surface area contributed by atoms with Crippen molar-refractivity contribution in [3.8, 4) is 5.75 Å². The average molecular weight is 278 g/mol. The molecule has 1 atom stereocenters. The van der Waals surface area contributed by atoms with Crippen molar-refractivity contribution in [2.75, 3.05) is 0 Å². The fourth-order valence-corrected chi connectivity index (χ4v) is 2.16. The van der Waals surface area contributed by atoms with E-state index < -0.39 is 41.7 Å². The van der Waals surface area contributed by atoms with Crippen molar-refractivity contribution < 1.29 is 32.2 Å². The van der Waals surface area contributed by atoms with E-state index in [-0.39, 0.29) is 5.56 Å². The van der Waals surface area contributed by atoms with Crippen LogP contribution in [-0.4, -0.2) is 23.6 Å². The zero-order valence-electron chi connectivity index (χ0n) is 9.79. The Kier molecular flexibility index (Phi) is 2.95. The fraction of sp³-hybridized carbons (Fsp3) is 0.417. The third-order valence-electron chi connectivity index (χ3n) is 3.23. The third kappa shape index (κ3) is 1.93. The molecule has 104 valence electrons. The molecular weight excluding hydrogens is 268 g/mol. The van der Waals surface area contributed by atoms with Gasteiger partial charge in [0.05, 0.1) is 0 Å². The number of alkyl halides is 4. The van der Waals surface area contributed by atoms with Crippen LogP contribution in [0.3, 0.4) is 0 Å². The lowest BCUT2D eigenvalue weighted by Gasteiger charge is -2.18. The molecule has 1 aromatic rings. The van der Waals surface area contributed by atoms with E-state index in [9.17, 15) is 22.4 Å². The Bertz CT molecular complexity index is 530. The zero-order chi connectivity index (χ0) is 14.4. The van der Waals surface area contributed by atoms with Crippen molar-refractivity contribution in [1.29, 1.82) is 0 Å². The molecule has 0 aromatic heterocycles. The van der Waals surface area contributed by atoms with Gasteiger partial charge in [-0.3, -0.25) is 4.79 Å². The summed E-state index contributed by atoms with van der Waals surface area (Å²) in [7, 11) is 0. The first-order chi connectivity index (χ1) is 8.72. The topological polar surface area (TPSA) is 46.5 Å². The lowest BCUT2D eigenvalue weighted by molar-refractivity contribution is -0.143. The molecule has 0 aliphatic heterocycles. The molecule has 0 spiro atoms. The second-order valence-corrected chi connectivity index (χ2v) is 4.42. The van der Waals surface area contributed by atoms with Crippen LogP contribution in [0.4, 0.5) is 17.6 Å². The van der Waals surface area contributed by atoms with Gasteiger partial charge in [-0.2, -0.15) is 8.78 Å². The fourth-order valence-electron chi connectivity index (χ4n) is 2.16. The molecule has 0 bridgehead atoms. The summed E-state index contributed by atoms with van der Waals surface area (Å²) in [4.78, 5) is 11.1. The van der Waals surface area contributed by atoms with Gasteiger partial charge < -0.3 is 9.84 Å². The number of hydrogen-bond donors (Lipinski definition) is 1.